The zero-order valence-electron chi connectivity index (χ0n) is 12.4. The van der Waals surface area contributed by atoms with Gasteiger partial charge in [-0.2, -0.15) is 8.78 Å². The van der Waals surface area contributed by atoms with Crippen LogP contribution in [0, 0.1) is 0 Å². The Labute approximate surface area is 124 Å². The minimum Gasteiger partial charge on any atom is -0.493 e. The number of likely N-dealkylation sites (tertiary alicyclic amines) is 1. The van der Waals surface area contributed by atoms with E-state index in [2.05, 4.69) is 15.0 Å². The van der Waals surface area contributed by atoms with Crippen molar-refractivity contribution in [2.45, 2.75) is 32.0 Å². The van der Waals surface area contributed by atoms with Crippen molar-refractivity contribution in [2.24, 2.45) is 0 Å². The van der Waals surface area contributed by atoms with Gasteiger partial charge < -0.3 is 14.8 Å². The summed E-state index contributed by atoms with van der Waals surface area (Å²) in [6, 6.07) is 5.63. The fraction of sp³-hybridized carbons (Fsp3) is 0.600. The van der Waals surface area contributed by atoms with Gasteiger partial charge in [-0.25, -0.2) is 0 Å². The molecule has 1 aliphatic heterocycles. The van der Waals surface area contributed by atoms with Gasteiger partial charge in [-0.1, -0.05) is 6.07 Å². The summed E-state index contributed by atoms with van der Waals surface area (Å²) >= 11 is 0. The van der Waals surface area contributed by atoms with Crippen LogP contribution in [-0.2, 0) is 6.54 Å². The standard InChI is InChI=1S/C15H22F2N2O2/c1-18-12-4-3-7-19(10-12)9-11-5-6-13(21-15(16)17)14(8-11)20-2/h5-6,8,12,15,18H,3-4,7,9-10H2,1-2H3. The lowest BCUT2D eigenvalue weighted by Crippen LogP contribution is -2.43. The lowest BCUT2D eigenvalue weighted by Gasteiger charge is -2.32. The van der Waals surface area contributed by atoms with Crippen molar-refractivity contribution < 1.29 is 18.3 Å². The molecule has 1 aromatic carbocycles. The van der Waals surface area contributed by atoms with Crippen molar-refractivity contribution in [2.75, 3.05) is 27.2 Å². The van der Waals surface area contributed by atoms with E-state index in [0.29, 0.717) is 11.8 Å². The molecule has 0 aliphatic carbocycles. The van der Waals surface area contributed by atoms with E-state index in [4.69, 9.17) is 4.74 Å². The number of nitrogens with zero attached hydrogens (tertiary/aromatic N) is 1. The smallest absolute Gasteiger partial charge is 0.387 e. The van der Waals surface area contributed by atoms with Crippen LogP contribution in [0.1, 0.15) is 18.4 Å². The maximum atomic E-state index is 12.3. The molecule has 1 N–H and O–H groups in total. The molecular formula is C15H22F2N2O2. The summed E-state index contributed by atoms with van der Waals surface area (Å²) in [6.07, 6.45) is 2.35. The third kappa shape index (κ3) is 4.54. The van der Waals surface area contributed by atoms with E-state index in [-0.39, 0.29) is 5.75 Å². The molecule has 1 aromatic rings. The molecule has 1 fully saturated rings. The molecular weight excluding hydrogens is 278 g/mol. The Morgan fingerprint density at radius 3 is 2.86 bits per heavy atom. The predicted molar refractivity (Wildman–Crippen MR) is 77.0 cm³/mol. The number of rotatable bonds is 6. The van der Waals surface area contributed by atoms with Gasteiger partial charge in [0.15, 0.2) is 11.5 Å². The molecule has 1 heterocycles. The zero-order valence-corrected chi connectivity index (χ0v) is 12.4. The molecule has 0 radical (unpaired) electrons. The fourth-order valence-corrected chi connectivity index (χ4v) is 2.70. The normalized spacial score (nSPS) is 19.8. The summed E-state index contributed by atoms with van der Waals surface area (Å²) in [4.78, 5) is 2.35. The number of alkyl halides is 2. The number of hydrogen-bond acceptors (Lipinski definition) is 4. The third-order valence-corrected chi connectivity index (χ3v) is 3.76. The highest BCUT2D eigenvalue weighted by atomic mass is 19.3. The number of methoxy groups -OCH3 is 1. The Balaban J connectivity index is 2.03. The van der Waals surface area contributed by atoms with Gasteiger partial charge in [-0.05, 0) is 44.1 Å². The van der Waals surface area contributed by atoms with Crippen molar-refractivity contribution in [1.29, 1.82) is 0 Å². The first-order valence-electron chi connectivity index (χ1n) is 7.13. The average Bonchev–Trinajstić information content (AvgIpc) is 2.48. The van der Waals surface area contributed by atoms with Gasteiger partial charge in [0.1, 0.15) is 0 Å². The summed E-state index contributed by atoms with van der Waals surface area (Å²) in [6.45, 7) is -0.0175. The number of nitrogens with one attached hydrogen (secondary N) is 1. The Hall–Kier alpha value is -1.40. The molecule has 1 saturated heterocycles. The van der Waals surface area contributed by atoms with E-state index in [9.17, 15) is 8.78 Å². The third-order valence-electron chi connectivity index (χ3n) is 3.76. The predicted octanol–water partition coefficient (Wildman–Crippen LogP) is 2.48. The molecule has 1 atom stereocenters. The van der Waals surface area contributed by atoms with Crippen molar-refractivity contribution in [3.8, 4) is 11.5 Å². The number of piperidine rings is 1. The van der Waals surface area contributed by atoms with Crippen LogP contribution < -0.4 is 14.8 Å². The highest BCUT2D eigenvalue weighted by molar-refractivity contribution is 5.43. The molecule has 1 unspecified atom stereocenters. The second-order valence-corrected chi connectivity index (χ2v) is 5.23. The Kier molecular flexibility index (Phi) is 5.76. The van der Waals surface area contributed by atoms with Crippen LogP contribution in [0.15, 0.2) is 18.2 Å². The van der Waals surface area contributed by atoms with Gasteiger partial charge >= 0.3 is 6.61 Å². The number of ether oxygens (including phenoxy) is 2. The van der Waals surface area contributed by atoms with Gasteiger partial charge in [0, 0.05) is 19.1 Å². The molecule has 0 saturated carbocycles. The summed E-state index contributed by atoms with van der Waals surface area (Å²) in [7, 11) is 3.43. The second-order valence-electron chi connectivity index (χ2n) is 5.23. The van der Waals surface area contributed by atoms with E-state index in [0.717, 1.165) is 31.6 Å². The molecule has 6 heteroatoms. The van der Waals surface area contributed by atoms with Crippen LogP contribution in [-0.4, -0.2) is 44.8 Å². The molecule has 0 bridgehead atoms. The van der Waals surface area contributed by atoms with E-state index in [1.165, 1.54) is 13.5 Å². The molecule has 21 heavy (non-hydrogen) atoms. The van der Waals surface area contributed by atoms with Gasteiger partial charge in [0.2, 0.25) is 0 Å². The Morgan fingerprint density at radius 1 is 1.38 bits per heavy atom. The first-order valence-corrected chi connectivity index (χ1v) is 7.13. The van der Waals surface area contributed by atoms with Crippen LogP contribution in [0.3, 0.4) is 0 Å². The van der Waals surface area contributed by atoms with Crippen molar-refractivity contribution in [1.82, 2.24) is 10.2 Å². The summed E-state index contributed by atoms with van der Waals surface area (Å²) in [5.74, 6) is 0.415. The van der Waals surface area contributed by atoms with Gasteiger partial charge in [-0.3, -0.25) is 4.90 Å². The molecule has 1 aliphatic rings. The van der Waals surface area contributed by atoms with Gasteiger partial charge in [0.05, 0.1) is 7.11 Å². The van der Waals surface area contributed by atoms with Crippen molar-refractivity contribution in [3.05, 3.63) is 23.8 Å². The van der Waals surface area contributed by atoms with Crippen LogP contribution in [0.4, 0.5) is 8.78 Å². The van der Waals surface area contributed by atoms with E-state index in [1.54, 1.807) is 12.1 Å². The molecule has 2 rings (SSSR count). The monoisotopic (exact) mass is 300 g/mol. The molecule has 118 valence electrons. The van der Waals surface area contributed by atoms with Gasteiger partial charge in [-0.15, -0.1) is 0 Å². The second kappa shape index (κ2) is 7.56. The SMILES string of the molecule is CNC1CCCN(Cc2ccc(OC(F)F)c(OC)c2)C1. The van der Waals surface area contributed by atoms with Crippen LogP contribution >= 0.6 is 0 Å². The van der Waals surface area contributed by atoms with E-state index in [1.807, 2.05) is 13.1 Å². The van der Waals surface area contributed by atoms with Crippen LogP contribution in [0.5, 0.6) is 11.5 Å². The maximum absolute atomic E-state index is 12.3. The quantitative estimate of drug-likeness (QED) is 0.875. The molecule has 0 aromatic heterocycles. The highest BCUT2D eigenvalue weighted by Crippen LogP contribution is 2.30. The van der Waals surface area contributed by atoms with Crippen LogP contribution in [0.2, 0.25) is 0 Å². The first kappa shape index (κ1) is 16.0. The number of benzene rings is 1. The minimum absolute atomic E-state index is 0.0722. The van der Waals surface area contributed by atoms with Crippen molar-refractivity contribution in [3.63, 3.8) is 0 Å². The number of likely N-dealkylation sites (N-methyl/N-ethyl adjacent to an activating group) is 1. The van der Waals surface area contributed by atoms with E-state index < -0.39 is 6.61 Å². The Bertz CT molecular complexity index is 457. The lowest BCUT2D eigenvalue weighted by atomic mass is 10.0. The first-order chi connectivity index (χ1) is 10.1. The largest absolute Gasteiger partial charge is 0.493 e. The topological polar surface area (TPSA) is 33.7 Å². The zero-order chi connectivity index (χ0) is 15.2. The van der Waals surface area contributed by atoms with Gasteiger partial charge in [0.25, 0.3) is 0 Å². The highest BCUT2D eigenvalue weighted by Gasteiger charge is 2.19. The Morgan fingerprint density at radius 2 is 2.19 bits per heavy atom. The average molecular weight is 300 g/mol. The number of halogens is 2. The van der Waals surface area contributed by atoms with E-state index >= 15 is 0 Å². The fourth-order valence-electron chi connectivity index (χ4n) is 2.70. The number of hydrogen-bond donors (Lipinski definition) is 1. The van der Waals surface area contributed by atoms with Crippen molar-refractivity contribution >= 4 is 0 Å². The molecule has 0 spiro atoms. The summed E-state index contributed by atoms with van der Waals surface area (Å²) < 4.78 is 34.2. The van der Waals surface area contributed by atoms with Crippen LogP contribution in [0.25, 0.3) is 0 Å². The summed E-state index contributed by atoms with van der Waals surface area (Å²) in [5, 5.41) is 3.30. The maximum Gasteiger partial charge on any atom is 0.387 e. The molecule has 4 nitrogen and oxygen atoms in total. The lowest BCUT2D eigenvalue weighted by molar-refractivity contribution is -0.0512. The minimum atomic E-state index is -2.84. The molecule has 0 amide bonds. The summed E-state index contributed by atoms with van der Waals surface area (Å²) in [5.41, 5.74) is 1.03.